The molecule has 152 valence electrons. The van der Waals surface area contributed by atoms with E-state index in [1.165, 1.54) is 38.5 Å². The van der Waals surface area contributed by atoms with E-state index in [1.807, 2.05) is 0 Å². The second-order valence-electron chi connectivity index (χ2n) is 6.83. The van der Waals surface area contributed by atoms with Gasteiger partial charge in [-0.05, 0) is 30.7 Å². The maximum Gasteiger partial charge on any atom is 0.165 e. The summed E-state index contributed by atoms with van der Waals surface area (Å²) in [5, 5.41) is 40.9. The average Bonchev–Trinajstić information content (AvgIpc) is 2.69. The molecule has 28 heavy (non-hydrogen) atoms. The first-order valence-corrected chi connectivity index (χ1v) is 9.05. The maximum absolute atomic E-state index is 10.3. The van der Waals surface area contributed by atoms with Crippen molar-refractivity contribution >= 4 is 0 Å². The van der Waals surface area contributed by atoms with Gasteiger partial charge < -0.3 is 29.9 Å². The van der Waals surface area contributed by atoms with Crippen LogP contribution in [0.2, 0.25) is 0 Å². The lowest BCUT2D eigenvalue weighted by atomic mass is 10.1. The molecule has 8 nitrogen and oxygen atoms in total. The normalized spacial score (nSPS) is 15.5. The van der Waals surface area contributed by atoms with Crippen LogP contribution in [-0.2, 0) is 13.1 Å². The number of rotatable bonds is 6. The smallest absolute Gasteiger partial charge is 0.165 e. The molecule has 0 bridgehead atoms. The third-order valence-electron chi connectivity index (χ3n) is 4.99. The highest BCUT2D eigenvalue weighted by atomic mass is 16.5. The van der Waals surface area contributed by atoms with Crippen molar-refractivity contribution in [2.75, 3.05) is 34.0 Å². The van der Waals surface area contributed by atoms with Crippen molar-refractivity contribution in [3.63, 3.8) is 0 Å². The van der Waals surface area contributed by atoms with Gasteiger partial charge in [0.05, 0.1) is 32.0 Å². The Morgan fingerprint density at radius 2 is 1.18 bits per heavy atom. The maximum atomic E-state index is 10.3. The van der Waals surface area contributed by atoms with Crippen LogP contribution in [0.25, 0.3) is 0 Å². The molecule has 2 aromatic rings. The zero-order valence-corrected chi connectivity index (χ0v) is 16.1. The zero-order chi connectivity index (χ0) is 20.3. The van der Waals surface area contributed by atoms with Gasteiger partial charge in [-0.15, -0.1) is 0 Å². The average molecular weight is 390 g/mol. The van der Waals surface area contributed by atoms with Gasteiger partial charge in [-0.25, -0.2) is 0 Å². The molecule has 4 N–H and O–H groups in total. The summed E-state index contributed by atoms with van der Waals surface area (Å²) in [5.41, 5.74) is 0.821. The van der Waals surface area contributed by atoms with Crippen LogP contribution in [0.1, 0.15) is 17.5 Å². The molecule has 3 rings (SSSR count). The van der Waals surface area contributed by atoms with Gasteiger partial charge in [-0.2, -0.15) is 0 Å². The fourth-order valence-electron chi connectivity index (χ4n) is 3.50. The van der Waals surface area contributed by atoms with E-state index in [2.05, 4.69) is 9.80 Å². The van der Waals surface area contributed by atoms with Crippen LogP contribution in [0, 0.1) is 0 Å². The monoisotopic (exact) mass is 390 g/mol. The third-order valence-corrected chi connectivity index (χ3v) is 4.99. The summed E-state index contributed by atoms with van der Waals surface area (Å²) in [6.45, 7) is 2.83. The molecular formula is C20H26N2O6. The molecular weight excluding hydrogens is 364 g/mol. The second kappa shape index (κ2) is 8.45. The summed E-state index contributed by atoms with van der Waals surface area (Å²) >= 11 is 0. The van der Waals surface area contributed by atoms with E-state index in [1.54, 1.807) is 0 Å². The Morgan fingerprint density at radius 3 is 1.57 bits per heavy atom. The van der Waals surface area contributed by atoms with Crippen molar-refractivity contribution in [1.82, 2.24) is 9.80 Å². The van der Waals surface area contributed by atoms with E-state index < -0.39 is 0 Å². The first-order chi connectivity index (χ1) is 13.4. The fourth-order valence-corrected chi connectivity index (χ4v) is 3.50. The van der Waals surface area contributed by atoms with E-state index in [0.29, 0.717) is 42.4 Å². The molecule has 1 fully saturated rings. The molecule has 0 radical (unpaired) electrons. The van der Waals surface area contributed by atoms with Gasteiger partial charge in [-0.1, -0.05) is 0 Å². The number of benzene rings is 2. The van der Waals surface area contributed by atoms with Crippen molar-refractivity contribution in [1.29, 1.82) is 0 Å². The molecule has 0 amide bonds. The topological polar surface area (TPSA) is 106 Å². The fraction of sp³-hybridized carbons (Fsp3) is 0.400. The van der Waals surface area contributed by atoms with Crippen LogP contribution in [-0.4, -0.2) is 64.2 Å². The van der Waals surface area contributed by atoms with Crippen molar-refractivity contribution in [3.05, 3.63) is 35.4 Å². The van der Waals surface area contributed by atoms with Crippen molar-refractivity contribution in [2.24, 2.45) is 0 Å². The van der Waals surface area contributed by atoms with Gasteiger partial charge in [0, 0.05) is 26.2 Å². The van der Waals surface area contributed by atoms with Crippen LogP contribution in [0.4, 0.5) is 0 Å². The molecule has 0 unspecified atom stereocenters. The molecule has 1 aliphatic rings. The zero-order valence-electron chi connectivity index (χ0n) is 16.1. The first-order valence-electron chi connectivity index (χ1n) is 9.05. The first kappa shape index (κ1) is 19.9. The third kappa shape index (κ3) is 4.02. The van der Waals surface area contributed by atoms with Crippen LogP contribution in [0.15, 0.2) is 24.3 Å². The molecule has 1 aliphatic heterocycles. The number of methoxy groups -OCH3 is 2. The lowest BCUT2D eigenvalue weighted by molar-refractivity contribution is 0.0721. The molecule has 0 atom stereocenters. The Bertz CT molecular complexity index is 774. The number of phenols is 4. The molecule has 0 aromatic heterocycles. The van der Waals surface area contributed by atoms with Crippen LogP contribution in [0.3, 0.4) is 0 Å². The van der Waals surface area contributed by atoms with E-state index in [-0.39, 0.29) is 23.0 Å². The second-order valence-corrected chi connectivity index (χ2v) is 6.83. The van der Waals surface area contributed by atoms with Crippen molar-refractivity contribution in [2.45, 2.75) is 19.5 Å². The summed E-state index contributed by atoms with van der Waals surface area (Å²) in [7, 11) is 2.93. The van der Waals surface area contributed by atoms with E-state index in [9.17, 15) is 20.4 Å². The lowest BCUT2D eigenvalue weighted by Gasteiger charge is -2.36. The van der Waals surface area contributed by atoms with Crippen molar-refractivity contribution < 1.29 is 29.9 Å². The highest BCUT2D eigenvalue weighted by molar-refractivity contribution is 5.53. The Labute approximate surface area is 163 Å². The van der Waals surface area contributed by atoms with Gasteiger partial charge in [0.25, 0.3) is 0 Å². The number of hydrogen-bond donors (Lipinski definition) is 4. The highest BCUT2D eigenvalue weighted by Gasteiger charge is 2.24. The minimum Gasteiger partial charge on any atom is -0.507 e. The molecule has 8 heteroatoms. The van der Waals surface area contributed by atoms with Crippen LogP contribution < -0.4 is 9.47 Å². The summed E-state index contributed by atoms with van der Waals surface area (Å²) in [6.07, 6.45) is 0.872. The summed E-state index contributed by atoms with van der Waals surface area (Å²) in [6, 6.07) is 6.04. The predicted octanol–water partition coefficient (Wildman–Crippen LogP) is 2.19. The lowest BCUT2D eigenvalue weighted by Crippen LogP contribution is -2.43. The standard InChI is InChI=1S/C20H26N2O6/c1-27-17-6-4-15(23)13(19(17)25)10-21-8-3-9-22(12-21)11-14-16(24)5-7-18(28-2)20(14)26/h4-7,23-26H,3,8-12H2,1-2H3. The number of phenolic OH excluding ortho intramolecular Hbond substituents is 4. The van der Waals surface area contributed by atoms with Gasteiger partial charge in [0.1, 0.15) is 11.5 Å². The Kier molecular flexibility index (Phi) is 6.01. The molecule has 0 spiro atoms. The van der Waals surface area contributed by atoms with Gasteiger partial charge in [-0.3, -0.25) is 9.80 Å². The molecule has 0 aliphatic carbocycles. The number of aromatic hydroxyl groups is 4. The predicted molar refractivity (Wildman–Crippen MR) is 103 cm³/mol. The number of hydrogen-bond acceptors (Lipinski definition) is 8. The number of nitrogens with zero attached hydrogens (tertiary/aromatic N) is 2. The quantitative estimate of drug-likeness (QED) is 0.595. The van der Waals surface area contributed by atoms with E-state index in [0.717, 1.165) is 19.5 Å². The van der Waals surface area contributed by atoms with E-state index in [4.69, 9.17) is 9.47 Å². The largest absolute Gasteiger partial charge is 0.507 e. The Hall–Kier alpha value is -2.84. The van der Waals surface area contributed by atoms with Crippen LogP contribution >= 0.6 is 0 Å². The van der Waals surface area contributed by atoms with Crippen LogP contribution in [0.5, 0.6) is 34.5 Å². The van der Waals surface area contributed by atoms with E-state index >= 15 is 0 Å². The summed E-state index contributed by atoms with van der Waals surface area (Å²) < 4.78 is 10.2. The minimum atomic E-state index is -0.0669. The van der Waals surface area contributed by atoms with Gasteiger partial charge >= 0.3 is 0 Å². The number of ether oxygens (including phenoxy) is 2. The van der Waals surface area contributed by atoms with Gasteiger partial charge in [0.15, 0.2) is 23.0 Å². The Morgan fingerprint density at radius 1 is 0.750 bits per heavy atom. The van der Waals surface area contributed by atoms with Crippen molar-refractivity contribution in [3.8, 4) is 34.5 Å². The highest BCUT2D eigenvalue weighted by Crippen LogP contribution is 2.38. The summed E-state index contributed by atoms with van der Waals surface area (Å²) in [5.74, 6) is 0.517. The molecule has 1 heterocycles. The minimum absolute atomic E-state index is 0.0125. The Balaban J connectivity index is 1.74. The molecule has 1 saturated heterocycles. The van der Waals surface area contributed by atoms with Gasteiger partial charge in [0.2, 0.25) is 0 Å². The summed E-state index contributed by atoms with van der Waals surface area (Å²) in [4.78, 5) is 4.15. The SMILES string of the molecule is COc1ccc(O)c(CN2CCCN(Cc3c(O)ccc(OC)c3O)C2)c1O. The molecule has 0 saturated carbocycles. The molecule has 2 aromatic carbocycles.